The molecule has 2 aliphatic carbocycles. The van der Waals surface area contributed by atoms with Gasteiger partial charge >= 0.3 is 0 Å². The molecule has 3 aliphatic rings. The van der Waals surface area contributed by atoms with E-state index in [0.717, 1.165) is 17.0 Å². The van der Waals surface area contributed by atoms with Gasteiger partial charge in [0, 0.05) is 10.6 Å². The zero-order valence-corrected chi connectivity index (χ0v) is 18.4. The smallest absolute Gasteiger partial charge is 0.254 e. The van der Waals surface area contributed by atoms with Crippen molar-refractivity contribution in [3.05, 3.63) is 74.7 Å². The van der Waals surface area contributed by atoms with Gasteiger partial charge in [0.15, 0.2) is 0 Å². The average molecular weight is 476 g/mol. The summed E-state index contributed by atoms with van der Waals surface area (Å²) < 4.78 is 5.91. The molecule has 5 nitrogen and oxygen atoms in total. The minimum absolute atomic E-state index is 0.142. The zero-order valence-electron chi connectivity index (χ0n) is 16.2. The maximum atomic E-state index is 12.8. The number of carbonyl (C=O) groups is 2. The van der Waals surface area contributed by atoms with Crippen molar-refractivity contribution in [3.63, 3.8) is 0 Å². The Bertz CT molecular complexity index is 1120. The van der Waals surface area contributed by atoms with Crippen LogP contribution in [0.2, 0.25) is 15.1 Å². The van der Waals surface area contributed by atoms with Crippen molar-refractivity contribution >= 4 is 52.8 Å². The lowest BCUT2D eigenvalue weighted by molar-refractivity contribution is -0.140. The number of rotatable bonds is 5. The van der Waals surface area contributed by atoms with Crippen LogP contribution in [0.25, 0.3) is 0 Å². The summed E-state index contributed by atoms with van der Waals surface area (Å²) >= 11 is 18.2. The van der Waals surface area contributed by atoms with Gasteiger partial charge in [-0.3, -0.25) is 9.59 Å². The molecule has 0 unspecified atom stereocenters. The number of fused-ring (bicyclic) bond motifs is 5. The average Bonchev–Trinajstić information content (AvgIpc) is 3.43. The molecule has 2 aromatic rings. The molecule has 1 aliphatic heterocycles. The normalized spacial score (nSPS) is 26.4. The molecule has 0 N–H and O–H groups in total. The van der Waals surface area contributed by atoms with Crippen molar-refractivity contribution in [2.45, 2.75) is 13.0 Å². The molecule has 2 aromatic carbocycles. The topological polar surface area (TPSA) is 59.0 Å². The lowest BCUT2D eigenvalue weighted by Gasteiger charge is -2.13. The molecule has 158 valence electrons. The van der Waals surface area contributed by atoms with Crippen molar-refractivity contribution < 1.29 is 14.3 Å². The van der Waals surface area contributed by atoms with Crippen molar-refractivity contribution in [2.75, 3.05) is 0 Å². The molecule has 1 saturated carbocycles. The minimum atomic E-state index is -0.288. The van der Waals surface area contributed by atoms with Gasteiger partial charge in [0.05, 0.1) is 28.1 Å². The Labute approximate surface area is 194 Å². The van der Waals surface area contributed by atoms with Crippen molar-refractivity contribution in [2.24, 2.45) is 28.8 Å². The first-order valence-electron chi connectivity index (χ1n) is 9.89. The molecule has 5 rings (SSSR count). The van der Waals surface area contributed by atoms with Gasteiger partial charge in [0.2, 0.25) is 0 Å². The standard InChI is InChI=1S/C23H17Cl3N2O3/c24-16-4-6-19(31-11-12-1-5-17(25)18(26)7-12)15(9-16)10-27-28-22(29)20-13-2-3-14(8-13)21(20)23(28)30/h1-7,9-10,13-14,20-21H,8,11H2/t13-,14-,20-,21+/m0/s1. The lowest BCUT2D eigenvalue weighted by atomic mass is 9.85. The highest BCUT2D eigenvalue weighted by molar-refractivity contribution is 6.42. The molecule has 0 aromatic heterocycles. The summed E-state index contributed by atoms with van der Waals surface area (Å²) in [4.78, 5) is 25.6. The van der Waals surface area contributed by atoms with Gasteiger partial charge in [-0.1, -0.05) is 53.0 Å². The summed E-state index contributed by atoms with van der Waals surface area (Å²) in [6, 6.07) is 10.3. The van der Waals surface area contributed by atoms with E-state index in [2.05, 4.69) is 17.3 Å². The fraction of sp³-hybridized carbons (Fsp3) is 0.261. The number of allylic oxidation sites excluding steroid dienone is 2. The number of ether oxygens (including phenoxy) is 1. The van der Waals surface area contributed by atoms with Gasteiger partial charge in [0.1, 0.15) is 12.4 Å². The molecule has 1 heterocycles. The third-order valence-corrected chi connectivity index (χ3v) is 7.08. The van der Waals surface area contributed by atoms with E-state index in [-0.39, 0.29) is 42.1 Å². The van der Waals surface area contributed by atoms with E-state index in [1.54, 1.807) is 30.3 Å². The Hall–Kier alpha value is -2.34. The van der Waals surface area contributed by atoms with Crippen LogP contribution in [0.15, 0.2) is 53.7 Å². The Balaban J connectivity index is 1.35. The van der Waals surface area contributed by atoms with Crippen molar-refractivity contribution in [1.82, 2.24) is 5.01 Å². The van der Waals surface area contributed by atoms with Crippen molar-refractivity contribution in [1.29, 1.82) is 0 Å². The maximum Gasteiger partial charge on any atom is 0.254 e. The second kappa shape index (κ2) is 7.97. The molecular weight excluding hydrogens is 459 g/mol. The summed E-state index contributed by atoms with van der Waals surface area (Å²) in [7, 11) is 0. The number of nitrogens with zero attached hydrogens (tertiary/aromatic N) is 2. The first-order valence-corrected chi connectivity index (χ1v) is 11.0. The molecule has 1 saturated heterocycles. The number of imide groups is 1. The van der Waals surface area contributed by atoms with E-state index in [0.29, 0.717) is 26.4 Å². The molecule has 0 spiro atoms. The largest absolute Gasteiger partial charge is 0.488 e. The van der Waals surface area contributed by atoms with E-state index in [1.165, 1.54) is 6.21 Å². The van der Waals surface area contributed by atoms with Gasteiger partial charge in [-0.05, 0) is 54.2 Å². The molecule has 2 fully saturated rings. The van der Waals surface area contributed by atoms with Gasteiger partial charge < -0.3 is 4.74 Å². The van der Waals surface area contributed by atoms with Crippen LogP contribution >= 0.6 is 34.8 Å². The Kier molecular flexibility index (Phi) is 5.29. The van der Waals surface area contributed by atoms with E-state index in [1.807, 2.05) is 6.07 Å². The predicted octanol–water partition coefficient (Wildman–Crippen LogP) is 5.37. The van der Waals surface area contributed by atoms with Crippen LogP contribution in [0.1, 0.15) is 17.5 Å². The highest BCUT2D eigenvalue weighted by Gasteiger charge is 2.59. The molecule has 31 heavy (non-hydrogen) atoms. The molecular formula is C23H17Cl3N2O3. The molecule has 2 amide bonds. The number of carbonyl (C=O) groups excluding carboxylic acids is 2. The van der Waals surface area contributed by atoms with E-state index < -0.39 is 0 Å². The Morgan fingerprint density at radius 3 is 2.35 bits per heavy atom. The number of hydrazone groups is 1. The Morgan fingerprint density at radius 2 is 1.68 bits per heavy atom. The maximum absolute atomic E-state index is 12.8. The fourth-order valence-corrected chi connectivity index (χ4v) is 5.16. The van der Waals surface area contributed by atoms with Crippen LogP contribution in [-0.2, 0) is 16.2 Å². The van der Waals surface area contributed by atoms with Crippen LogP contribution in [-0.4, -0.2) is 23.0 Å². The van der Waals surface area contributed by atoms with Crippen LogP contribution < -0.4 is 4.74 Å². The quantitative estimate of drug-likeness (QED) is 0.332. The third-order valence-electron chi connectivity index (χ3n) is 6.11. The highest BCUT2D eigenvalue weighted by atomic mass is 35.5. The predicted molar refractivity (Wildman–Crippen MR) is 119 cm³/mol. The number of hydrogen-bond acceptors (Lipinski definition) is 4. The first kappa shape index (κ1) is 20.6. The second-order valence-corrected chi connectivity index (χ2v) is 9.20. The molecule has 0 radical (unpaired) electrons. The van der Waals surface area contributed by atoms with E-state index >= 15 is 0 Å². The second-order valence-electron chi connectivity index (χ2n) is 7.95. The van der Waals surface area contributed by atoms with Gasteiger partial charge in [-0.2, -0.15) is 10.1 Å². The molecule has 8 heteroatoms. The number of benzene rings is 2. The van der Waals surface area contributed by atoms with Crippen LogP contribution in [0.3, 0.4) is 0 Å². The zero-order chi connectivity index (χ0) is 21.7. The molecule has 4 atom stereocenters. The lowest BCUT2D eigenvalue weighted by Crippen LogP contribution is -2.28. The highest BCUT2D eigenvalue weighted by Crippen LogP contribution is 2.52. The molecule has 2 bridgehead atoms. The number of amides is 2. The third kappa shape index (κ3) is 3.65. The van der Waals surface area contributed by atoms with Gasteiger partial charge in [-0.25, -0.2) is 0 Å². The number of halogens is 3. The Morgan fingerprint density at radius 1 is 0.968 bits per heavy atom. The van der Waals surface area contributed by atoms with E-state index in [9.17, 15) is 9.59 Å². The summed E-state index contributed by atoms with van der Waals surface area (Å²) in [5.41, 5.74) is 1.40. The number of hydrogen-bond donors (Lipinski definition) is 0. The summed E-state index contributed by atoms with van der Waals surface area (Å²) in [5.74, 6) is -0.244. The van der Waals surface area contributed by atoms with Crippen molar-refractivity contribution in [3.8, 4) is 5.75 Å². The summed E-state index contributed by atoms with van der Waals surface area (Å²) in [5, 5.41) is 6.63. The first-order chi connectivity index (χ1) is 14.9. The SMILES string of the molecule is O=C1[C@@H]2[C@H](C(=O)N1N=Cc1cc(Cl)ccc1OCc1ccc(Cl)c(Cl)c1)[C@H]1C=C[C@H]2C1. The van der Waals surface area contributed by atoms with Crippen LogP contribution in [0.4, 0.5) is 0 Å². The van der Waals surface area contributed by atoms with Gasteiger partial charge in [-0.15, -0.1) is 0 Å². The van der Waals surface area contributed by atoms with Gasteiger partial charge in [0.25, 0.3) is 11.8 Å². The monoisotopic (exact) mass is 474 g/mol. The van der Waals surface area contributed by atoms with Crippen LogP contribution in [0, 0.1) is 23.7 Å². The van der Waals surface area contributed by atoms with E-state index in [4.69, 9.17) is 39.5 Å². The fourth-order valence-electron chi connectivity index (χ4n) is 4.66. The summed E-state index contributed by atoms with van der Waals surface area (Å²) in [6.45, 7) is 0.250. The van der Waals surface area contributed by atoms with Crippen LogP contribution in [0.5, 0.6) is 5.75 Å². The summed E-state index contributed by atoms with van der Waals surface area (Å²) in [6.07, 6.45) is 6.43. The minimum Gasteiger partial charge on any atom is -0.488 e.